The van der Waals surface area contributed by atoms with Crippen LogP contribution in [0, 0.1) is 35.4 Å². The summed E-state index contributed by atoms with van der Waals surface area (Å²) in [7, 11) is 0. The normalized spacial score (nSPS) is 15.6. The average molecular weight is 378 g/mol. The van der Waals surface area contributed by atoms with Crippen LogP contribution >= 0.6 is 12.2 Å². The zero-order valence-electron chi connectivity index (χ0n) is 14.9. The van der Waals surface area contributed by atoms with Crippen LogP contribution in [0.4, 0.5) is 15.8 Å². The molecule has 0 aliphatic carbocycles. The Morgan fingerprint density at radius 1 is 1.07 bits per heavy atom. The first-order valence-corrected chi connectivity index (χ1v) is 8.53. The quantitative estimate of drug-likeness (QED) is 0.744. The van der Waals surface area contributed by atoms with Crippen molar-refractivity contribution in [3.63, 3.8) is 0 Å². The van der Waals surface area contributed by atoms with E-state index in [1.54, 1.807) is 43.0 Å². The maximum Gasteiger partial charge on any atom is 0.259 e. The predicted octanol–water partition coefficient (Wildman–Crippen LogP) is 3.79. The Hall–Kier alpha value is -3.29. The molecule has 1 amide bonds. The summed E-state index contributed by atoms with van der Waals surface area (Å²) in [5, 5.41) is 18.2. The van der Waals surface area contributed by atoms with E-state index in [4.69, 9.17) is 22.7 Å². The number of nitriles is 2. The highest BCUT2D eigenvalue weighted by atomic mass is 32.1. The lowest BCUT2D eigenvalue weighted by atomic mass is 10.0. The van der Waals surface area contributed by atoms with Crippen molar-refractivity contribution in [2.45, 2.75) is 26.3 Å². The van der Waals surface area contributed by atoms with Gasteiger partial charge in [0.05, 0.1) is 29.0 Å². The molecule has 0 radical (unpaired) electrons. The van der Waals surface area contributed by atoms with Crippen molar-refractivity contribution in [1.82, 2.24) is 0 Å². The number of nitrogens with zero attached hydrogens (tertiary/aromatic N) is 4. The smallest absolute Gasteiger partial charge is 0.259 e. The second-order valence-corrected chi connectivity index (χ2v) is 7.02. The van der Waals surface area contributed by atoms with Crippen LogP contribution < -0.4 is 9.80 Å². The topological polar surface area (TPSA) is 71.1 Å². The summed E-state index contributed by atoms with van der Waals surface area (Å²) in [6.07, 6.45) is 0. The Bertz CT molecular complexity index is 1050. The standard InChI is InChI=1S/C20H15FN4OS/c1-12-14(11-23)6-9-16(17(12)21)24-18(26)20(2,3)25(19(24)27)15-7-4-13(10-22)5-8-15/h4-9H,1-3H3. The van der Waals surface area contributed by atoms with Crippen LogP contribution in [0.1, 0.15) is 30.5 Å². The van der Waals surface area contributed by atoms with Crippen LogP contribution in [-0.2, 0) is 4.79 Å². The third-order valence-corrected chi connectivity index (χ3v) is 5.02. The van der Waals surface area contributed by atoms with E-state index in [-0.39, 0.29) is 27.8 Å². The molecule has 1 aliphatic heterocycles. The SMILES string of the molecule is Cc1c(C#N)ccc(N2C(=O)C(C)(C)N(c3ccc(C#N)cc3)C2=S)c1F. The van der Waals surface area contributed by atoms with Gasteiger partial charge in [-0.3, -0.25) is 9.69 Å². The highest BCUT2D eigenvalue weighted by Crippen LogP contribution is 2.38. The molecule has 0 bridgehead atoms. The number of carbonyl (C=O) groups is 1. The van der Waals surface area contributed by atoms with Gasteiger partial charge in [-0.25, -0.2) is 4.39 Å². The van der Waals surface area contributed by atoms with Gasteiger partial charge in [-0.05, 0) is 69.4 Å². The van der Waals surface area contributed by atoms with Gasteiger partial charge in [0, 0.05) is 11.3 Å². The molecule has 0 N–H and O–H groups in total. The fourth-order valence-corrected chi connectivity index (χ4v) is 3.61. The molecule has 0 unspecified atom stereocenters. The Morgan fingerprint density at radius 3 is 2.26 bits per heavy atom. The summed E-state index contributed by atoms with van der Waals surface area (Å²) < 4.78 is 14.9. The van der Waals surface area contributed by atoms with E-state index in [9.17, 15) is 9.18 Å². The minimum atomic E-state index is -1.04. The largest absolute Gasteiger partial charge is 0.304 e. The van der Waals surface area contributed by atoms with Crippen LogP contribution in [0.3, 0.4) is 0 Å². The Morgan fingerprint density at radius 2 is 1.70 bits per heavy atom. The number of benzene rings is 2. The van der Waals surface area contributed by atoms with E-state index in [1.165, 1.54) is 19.1 Å². The van der Waals surface area contributed by atoms with Crippen molar-refractivity contribution in [3.05, 3.63) is 58.9 Å². The number of hydrogen-bond acceptors (Lipinski definition) is 4. The first kappa shape index (κ1) is 18.5. The lowest BCUT2D eigenvalue weighted by molar-refractivity contribution is -0.120. The van der Waals surface area contributed by atoms with Crippen molar-refractivity contribution >= 4 is 34.6 Å². The fourth-order valence-electron chi connectivity index (χ4n) is 3.09. The number of hydrogen-bond donors (Lipinski definition) is 0. The van der Waals surface area contributed by atoms with E-state index in [0.29, 0.717) is 11.3 Å². The Kier molecular flexibility index (Phi) is 4.43. The number of thiocarbonyl (C=S) groups is 1. The minimum absolute atomic E-state index is 0.0192. The molecular weight excluding hydrogens is 363 g/mol. The summed E-state index contributed by atoms with van der Waals surface area (Å²) in [4.78, 5) is 15.9. The maximum absolute atomic E-state index is 14.9. The summed E-state index contributed by atoms with van der Waals surface area (Å²) in [6.45, 7) is 4.90. The predicted molar refractivity (Wildman–Crippen MR) is 104 cm³/mol. The van der Waals surface area contributed by atoms with Gasteiger partial charge in [0.25, 0.3) is 5.91 Å². The van der Waals surface area contributed by atoms with Gasteiger partial charge in [-0.15, -0.1) is 0 Å². The number of amides is 1. The van der Waals surface area contributed by atoms with Crippen LogP contribution in [-0.4, -0.2) is 16.6 Å². The molecule has 27 heavy (non-hydrogen) atoms. The molecular formula is C20H15FN4OS. The molecule has 5 nitrogen and oxygen atoms in total. The lowest BCUT2D eigenvalue weighted by Gasteiger charge is -2.29. The number of anilines is 2. The van der Waals surface area contributed by atoms with E-state index >= 15 is 0 Å². The second-order valence-electron chi connectivity index (χ2n) is 6.66. The number of halogens is 1. The van der Waals surface area contributed by atoms with Gasteiger partial charge in [0.1, 0.15) is 5.54 Å². The monoisotopic (exact) mass is 378 g/mol. The molecule has 1 heterocycles. The highest BCUT2D eigenvalue weighted by molar-refractivity contribution is 7.81. The Balaban J connectivity index is 2.11. The molecule has 0 atom stereocenters. The van der Waals surface area contributed by atoms with Gasteiger partial charge >= 0.3 is 0 Å². The summed E-state index contributed by atoms with van der Waals surface area (Å²) in [5.41, 5.74) is 0.465. The molecule has 0 saturated carbocycles. The summed E-state index contributed by atoms with van der Waals surface area (Å²) >= 11 is 5.51. The number of carbonyl (C=O) groups excluding carboxylic acids is 1. The molecule has 1 saturated heterocycles. The van der Waals surface area contributed by atoms with Crippen LogP contribution in [0.2, 0.25) is 0 Å². The molecule has 2 aromatic carbocycles. The zero-order valence-corrected chi connectivity index (χ0v) is 15.8. The zero-order chi connectivity index (χ0) is 19.9. The van der Waals surface area contributed by atoms with Crippen molar-refractivity contribution in [2.75, 3.05) is 9.80 Å². The van der Waals surface area contributed by atoms with Crippen LogP contribution in [0.5, 0.6) is 0 Å². The fraction of sp³-hybridized carbons (Fsp3) is 0.200. The van der Waals surface area contributed by atoms with Crippen molar-refractivity contribution in [1.29, 1.82) is 10.5 Å². The molecule has 0 spiro atoms. The Labute approximate surface area is 161 Å². The highest BCUT2D eigenvalue weighted by Gasteiger charge is 2.51. The molecule has 7 heteroatoms. The van der Waals surface area contributed by atoms with Crippen LogP contribution in [0.25, 0.3) is 0 Å². The van der Waals surface area contributed by atoms with Crippen molar-refractivity contribution in [3.8, 4) is 12.1 Å². The van der Waals surface area contributed by atoms with E-state index in [1.807, 2.05) is 12.1 Å². The number of rotatable bonds is 2. The van der Waals surface area contributed by atoms with Gasteiger partial charge in [0.2, 0.25) is 0 Å². The molecule has 134 valence electrons. The van der Waals surface area contributed by atoms with Gasteiger partial charge in [-0.2, -0.15) is 10.5 Å². The van der Waals surface area contributed by atoms with E-state index < -0.39 is 11.4 Å². The van der Waals surface area contributed by atoms with Crippen molar-refractivity contribution in [2.24, 2.45) is 0 Å². The van der Waals surface area contributed by atoms with E-state index in [0.717, 1.165) is 4.90 Å². The maximum atomic E-state index is 14.9. The summed E-state index contributed by atoms with van der Waals surface area (Å²) in [5.74, 6) is -1.03. The third-order valence-electron chi connectivity index (χ3n) is 4.65. The summed E-state index contributed by atoms with van der Waals surface area (Å²) in [6, 6.07) is 13.5. The first-order valence-electron chi connectivity index (χ1n) is 8.12. The molecule has 1 aliphatic rings. The van der Waals surface area contributed by atoms with E-state index in [2.05, 4.69) is 0 Å². The molecule has 0 aromatic heterocycles. The average Bonchev–Trinajstić information content (AvgIpc) is 2.82. The van der Waals surface area contributed by atoms with Gasteiger partial charge in [0.15, 0.2) is 10.9 Å². The molecule has 2 aromatic rings. The van der Waals surface area contributed by atoms with Crippen molar-refractivity contribution < 1.29 is 9.18 Å². The minimum Gasteiger partial charge on any atom is -0.304 e. The molecule has 3 rings (SSSR count). The van der Waals surface area contributed by atoms with Gasteiger partial charge in [-0.1, -0.05) is 0 Å². The van der Waals surface area contributed by atoms with Crippen LogP contribution in [0.15, 0.2) is 36.4 Å². The second kappa shape index (κ2) is 6.46. The lowest BCUT2D eigenvalue weighted by Crippen LogP contribution is -2.44. The first-order chi connectivity index (χ1) is 12.7. The van der Waals surface area contributed by atoms with Gasteiger partial charge < -0.3 is 4.90 Å². The molecule has 1 fully saturated rings. The third kappa shape index (κ3) is 2.73.